The van der Waals surface area contributed by atoms with Crippen LogP contribution >= 0.6 is 0 Å². The fraction of sp³-hybridized carbons (Fsp3) is 0.500. The number of hydrogen-bond donors (Lipinski definition) is 1. The van der Waals surface area contributed by atoms with Crippen LogP contribution < -0.4 is 0 Å². The van der Waals surface area contributed by atoms with Gasteiger partial charge in [0.25, 0.3) is 0 Å². The predicted molar refractivity (Wildman–Crippen MR) is 13.8 cm³/mol. The van der Waals surface area contributed by atoms with Crippen LogP contribution in [0.2, 0.25) is 0 Å². The van der Waals surface area contributed by atoms with E-state index in [0.717, 1.165) is 7.11 Å². The third kappa shape index (κ3) is 7840. The second-order valence-corrected chi connectivity index (χ2v) is 0.281. The van der Waals surface area contributed by atoms with E-state index < -0.39 is 0 Å². The molecule has 0 fully saturated rings. The van der Waals surface area contributed by atoms with Gasteiger partial charge in [-0.3, -0.25) is 0 Å². The van der Waals surface area contributed by atoms with Crippen LogP contribution in [0.25, 0.3) is 0 Å². The van der Waals surface area contributed by atoms with E-state index in [2.05, 4.69) is 15.3 Å². The second kappa shape index (κ2) is 34.3. The summed E-state index contributed by atoms with van der Waals surface area (Å²) in [6, 6.07) is 0. The van der Waals surface area contributed by atoms with Gasteiger partial charge in [-0.25, -0.2) is 0 Å². The SMILES string of the molecule is CO.O=[C]=[Co]. The molecule has 0 amide bonds. The molecule has 0 radical (unpaired) electrons. The Bertz CT molecular complexity index is 28.6. The van der Waals surface area contributed by atoms with E-state index in [4.69, 9.17) is 9.90 Å². The zero-order valence-electron chi connectivity index (χ0n) is 2.69. The van der Waals surface area contributed by atoms with Crippen molar-refractivity contribution in [2.75, 3.05) is 7.11 Å². The topological polar surface area (TPSA) is 37.3 Å². The maximum atomic E-state index is 8.54. The van der Waals surface area contributed by atoms with Crippen molar-refractivity contribution >= 4 is 4.82 Å². The standard InChI is InChI=1S/CH4O.CO.Co/c2*1-2;/h2H,1H3;;. The number of aliphatic hydroxyl groups is 1. The van der Waals surface area contributed by atoms with Crippen molar-refractivity contribution in [2.45, 2.75) is 0 Å². The van der Waals surface area contributed by atoms with Crippen LogP contribution in [-0.4, -0.2) is 17.0 Å². The summed E-state index contributed by atoms with van der Waals surface area (Å²) in [5.74, 6) is 0. The molecular formula is C2H4CoO2. The van der Waals surface area contributed by atoms with Gasteiger partial charge >= 0.3 is 24.9 Å². The first-order valence-electron chi connectivity index (χ1n) is 0.818. The monoisotopic (exact) mass is 119 g/mol. The Morgan fingerprint density at radius 1 is 1.80 bits per heavy atom. The first-order chi connectivity index (χ1) is 2.41. The zero-order chi connectivity index (χ0) is 4.71. The molecule has 0 saturated heterocycles. The molecule has 0 aliphatic rings. The average molecular weight is 119 g/mol. The van der Waals surface area contributed by atoms with Crippen LogP contribution in [0, 0.1) is 0 Å². The van der Waals surface area contributed by atoms with E-state index in [1.807, 2.05) is 0 Å². The van der Waals surface area contributed by atoms with Gasteiger partial charge in [-0.05, 0) is 0 Å². The molecule has 0 heterocycles. The maximum absolute atomic E-state index is 8.54. The van der Waals surface area contributed by atoms with Crippen molar-refractivity contribution < 1.29 is 25.2 Å². The Balaban J connectivity index is 0. The Hall–Kier alpha value is 0.0465. The molecule has 1 N–H and O–H groups in total. The molecule has 5 heavy (non-hydrogen) atoms. The summed E-state index contributed by atoms with van der Waals surface area (Å²) in [5.41, 5.74) is 0. The number of carbonyl (C=O) groups excluding carboxylic acids is 1. The van der Waals surface area contributed by atoms with Crippen LogP contribution in [0.5, 0.6) is 0 Å². The van der Waals surface area contributed by atoms with Crippen LogP contribution in [0.1, 0.15) is 0 Å². The van der Waals surface area contributed by atoms with Crippen LogP contribution in [0.3, 0.4) is 0 Å². The molecule has 0 unspecified atom stereocenters. The van der Waals surface area contributed by atoms with Gasteiger partial charge in [0.05, 0.1) is 0 Å². The molecule has 0 aliphatic heterocycles. The summed E-state index contributed by atoms with van der Waals surface area (Å²) in [4.78, 5) is 9.73. The van der Waals surface area contributed by atoms with E-state index in [9.17, 15) is 0 Å². The van der Waals surface area contributed by atoms with Gasteiger partial charge in [0, 0.05) is 7.11 Å². The van der Waals surface area contributed by atoms with Gasteiger partial charge < -0.3 is 5.11 Å². The normalized spacial score (nSPS) is 3.00. The number of rotatable bonds is 0. The molecular weight excluding hydrogens is 115 g/mol. The van der Waals surface area contributed by atoms with Gasteiger partial charge in [0.2, 0.25) is 0 Å². The molecule has 0 atom stereocenters. The minimum absolute atomic E-state index is 1.00. The quantitative estimate of drug-likeness (QED) is 0.453. The van der Waals surface area contributed by atoms with Crippen molar-refractivity contribution in [3.05, 3.63) is 0 Å². The molecule has 3 heteroatoms. The first kappa shape index (κ1) is 8.90. The Morgan fingerprint density at radius 2 is 1.80 bits per heavy atom. The zero-order valence-corrected chi connectivity index (χ0v) is 3.73. The molecule has 33 valence electrons. The molecule has 0 aromatic rings. The Labute approximate surface area is 37.9 Å². The van der Waals surface area contributed by atoms with E-state index in [0.29, 0.717) is 0 Å². The molecule has 2 nitrogen and oxygen atoms in total. The van der Waals surface area contributed by atoms with Crippen LogP contribution in [0.15, 0.2) is 0 Å². The van der Waals surface area contributed by atoms with Crippen molar-refractivity contribution in [1.29, 1.82) is 0 Å². The Kier molecular flexibility index (Phi) is 61.1. The van der Waals surface area contributed by atoms with Gasteiger partial charge in [-0.1, -0.05) is 0 Å². The average Bonchev–Trinajstić information content (AvgIpc) is 1.46. The molecule has 0 aromatic carbocycles. The van der Waals surface area contributed by atoms with E-state index in [1.165, 1.54) is 4.82 Å². The van der Waals surface area contributed by atoms with Gasteiger partial charge in [0.15, 0.2) is 0 Å². The van der Waals surface area contributed by atoms with Crippen molar-refractivity contribution in [2.24, 2.45) is 0 Å². The summed E-state index contributed by atoms with van der Waals surface area (Å²) >= 11 is 3.02. The summed E-state index contributed by atoms with van der Waals surface area (Å²) < 4.78 is 0. The Morgan fingerprint density at radius 3 is 1.80 bits per heavy atom. The molecule has 0 bridgehead atoms. The minimum atomic E-state index is 1.00. The molecule has 0 aromatic heterocycles. The van der Waals surface area contributed by atoms with E-state index >= 15 is 0 Å². The third-order valence-electron chi connectivity index (χ3n) is 0. The van der Waals surface area contributed by atoms with Gasteiger partial charge in [0.1, 0.15) is 0 Å². The molecule has 0 spiro atoms. The molecule has 0 saturated carbocycles. The summed E-state index contributed by atoms with van der Waals surface area (Å²) in [7, 11) is 1.00. The third-order valence-corrected chi connectivity index (χ3v) is 0. The van der Waals surface area contributed by atoms with E-state index in [1.54, 1.807) is 0 Å². The summed E-state index contributed by atoms with van der Waals surface area (Å²) in [5, 5.41) is 7.00. The van der Waals surface area contributed by atoms with Crippen molar-refractivity contribution in [1.82, 2.24) is 0 Å². The second-order valence-electron chi connectivity index (χ2n) is 0.0680. The van der Waals surface area contributed by atoms with Gasteiger partial charge in [-0.15, -0.1) is 0 Å². The summed E-state index contributed by atoms with van der Waals surface area (Å²) in [6.07, 6.45) is 0. The van der Waals surface area contributed by atoms with Crippen LogP contribution in [-0.2, 0) is 20.1 Å². The molecule has 0 aliphatic carbocycles. The number of hydrogen-bond acceptors (Lipinski definition) is 2. The fourth-order valence-corrected chi connectivity index (χ4v) is 0. The van der Waals surface area contributed by atoms with Crippen molar-refractivity contribution in [3.8, 4) is 0 Å². The number of aliphatic hydroxyl groups excluding tert-OH is 1. The predicted octanol–water partition coefficient (Wildman–Crippen LogP) is -0.791. The fourth-order valence-electron chi connectivity index (χ4n) is 0. The first-order valence-corrected chi connectivity index (χ1v) is 1.34. The van der Waals surface area contributed by atoms with Crippen molar-refractivity contribution in [3.63, 3.8) is 0 Å². The molecule has 0 rings (SSSR count). The van der Waals surface area contributed by atoms with Gasteiger partial charge in [-0.2, -0.15) is 0 Å². The van der Waals surface area contributed by atoms with E-state index in [-0.39, 0.29) is 0 Å². The van der Waals surface area contributed by atoms with Crippen LogP contribution in [0.4, 0.5) is 0 Å². The summed E-state index contributed by atoms with van der Waals surface area (Å²) in [6.45, 7) is 0.